The zero-order valence-corrected chi connectivity index (χ0v) is 7.66. The number of hydrogen-bond donors (Lipinski definition) is 3. The number of quaternary nitrogens is 1. The number of rotatable bonds is 1. The second-order valence-electron chi connectivity index (χ2n) is 3.01. The Morgan fingerprint density at radius 3 is 2.25 bits per heavy atom. The van der Waals surface area contributed by atoms with E-state index in [-0.39, 0.29) is 6.10 Å². The van der Waals surface area contributed by atoms with Crippen LogP contribution in [0.1, 0.15) is 20.3 Å². The number of carboxylic acid groups (broad SMARTS) is 1. The minimum atomic E-state index is -0.833. The van der Waals surface area contributed by atoms with Crippen molar-refractivity contribution in [1.82, 2.24) is 0 Å². The molecule has 0 bridgehead atoms. The first-order chi connectivity index (χ1) is 5.57. The van der Waals surface area contributed by atoms with Gasteiger partial charge in [0, 0.05) is 12.8 Å². The van der Waals surface area contributed by atoms with Crippen molar-refractivity contribution in [3.63, 3.8) is 0 Å². The Labute approximate surface area is 72.6 Å². The highest BCUT2D eigenvalue weighted by Crippen LogP contribution is 2.07. The molecule has 4 N–H and O–H groups in total. The van der Waals surface area contributed by atoms with Crippen molar-refractivity contribution in [3.05, 3.63) is 0 Å². The van der Waals surface area contributed by atoms with Gasteiger partial charge in [0.15, 0.2) is 0 Å². The Kier molecular flexibility index (Phi) is 5.66. The van der Waals surface area contributed by atoms with Crippen molar-refractivity contribution in [2.45, 2.75) is 26.4 Å². The van der Waals surface area contributed by atoms with E-state index in [0.717, 1.165) is 26.4 Å². The van der Waals surface area contributed by atoms with E-state index in [1.54, 1.807) is 0 Å². The van der Waals surface area contributed by atoms with Gasteiger partial charge in [-0.05, 0) is 6.42 Å². The molecule has 1 aliphatic heterocycles. The summed E-state index contributed by atoms with van der Waals surface area (Å²) < 4.78 is 0. The second kappa shape index (κ2) is 5.97. The molecule has 1 saturated heterocycles. The van der Waals surface area contributed by atoms with Crippen LogP contribution in [0.2, 0.25) is 0 Å². The summed E-state index contributed by atoms with van der Waals surface area (Å²) >= 11 is 0. The molecule has 72 valence electrons. The Bertz CT molecular complexity index is 134. The van der Waals surface area contributed by atoms with Crippen molar-refractivity contribution in [1.29, 1.82) is 0 Å². The molecule has 0 aromatic heterocycles. The fourth-order valence-corrected chi connectivity index (χ4v) is 1.27. The molecular formula is C8H18NO3+. The lowest BCUT2D eigenvalue weighted by Gasteiger charge is -2.04. The molecule has 4 heteroatoms. The van der Waals surface area contributed by atoms with Crippen LogP contribution in [-0.4, -0.2) is 35.4 Å². The Hall–Kier alpha value is -0.610. The largest absolute Gasteiger partial charge is 0.481 e. The lowest BCUT2D eigenvalue weighted by atomic mass is 10.0. The number of nitrogens with two attached hydrogens (primary N) is 1. The minimum Gasteiger partial charge on any atom is -0.481 e. The maximum absolute atomic E-state index is 9.16. The maximum atomic E-state index is 9.16. The average Bonchev–Trinajstić information content (AvgIpc) is 2.33. The third-order valence-corrected chi connectivity index (χ3v) is 1.95. The highest BCUT2D eigenvalue weighted by atomic mass is 16.4. The van der Waals surface area contributed by atoms with Crippen LogP contribution in [0.15, 0.2) is 0 Å². The highest BCUT2D eigenvalue weighted by molar-refractivity contribution is 5.62. The molecule has 0 aliphatic carbocycles. The molecule has 0 aromatic carbocycles. The fourth-order valence-electron chi connectivity index (χ4n) is 1.27. The molecule has 0 saturated carbocycles. The third kappa shape index (κ3) is 5.09. The Balaban J connectivity index is 0.000000261. The van der Waals surface area contributed by atoms with Crippen molar-refractivity contribution < 1.29 is 20.3 Å². The summed E-state index contributed by atoms with van der Waals surface area (Å²) in [6, 6.07) is 0. The van der Waals surface area contributed by atoms with Gasteiger partial charge in [0.25, 0.3) is 5.97 Å². The molecule has 4 nitrogen and oxygen atoms in total. The lowest BCUT2D eigenvalue weighted by molar-refractivity contribution is -0.640. The van der Waals surface area contributed by atoms with E-state index in [4.69, 9.17) is 15.0 Å². The number of carbonyl (C=O) groups is 1. The van der Waals surface area contributed by atoms with Gasteiger partial charge in [-0.25, -0.2) is 0 Å². The average molecular weight is 176 g/mol. The predicted molar refractivity (Wildman–Crippen MR) is 44.8 cm³/mol. The monoisotopic (exact) mass is 176 g/mol. The van der Waals surface area contributed by atoms with Crippen LogP contribution in [-0.2, 0) is 4.79 Å². The number of aliphatic hydroxyl groups excluding tert-OH is 1. The van der Waals surface area contributed by atoms with Crippen LogP contribution in [0, 0.1) is 5.92 Å². The number of hydrogen-bond acceptors (Lipinski definition) is 2. The summed E-state index contributed by atoms with van der Waals surface area (Å²) in [6.07, 6.45) is 1.09. The fraction of sp³-hybridized carbons (Fsp3) is 0.875. The Morgan fingerprint density at radius 2 is 2.08 bits per heavy atom. The van der Waals surface area contributed by atoms with E-state index in [0.29, 0.717) is 5.92 Å². The van der Waals surface area contributed by atoms with Gasteiger partial charge in [-0.2, -0.15) is 0 Å². The van der Waals surface area contributed by atoms with Crippen LogP contribution in [0.4, 0.5) is 0 Å². The molecule has 1 fully saturated rings. The number of aliphatic hydroxyl groups is 1. The molecule has 1 heterocycles. The first-order valence-electron chi connectivity index (χ1n) is 4.27. The van der Waals surface area contributed by atoms with Gasteiger partial charge >= 0.3 is 0 Å². The minimum absolute atomic E-state index is 0.0278. The van der Waals surface area contributed by atoms with Crippen molar-refractivity contribution in [2.24, 2.45) is 5.92 Å². The first kappa shape index (κ1) is 11.4. The topological polar surface area (TPSA) is 74.1 Å². The number of carboxylic acids is 1. The highest BCUT2D eigenvalue weighted by Gasteiger charge is 2.26. The van der Waals surface area contributed by atoms with Crippen molar-refractivity contribution in [3.8, 4) is 0 Å². The van der Waals surface area contributed by atoms with Crippen LogP contribution < -0.4 is 5.32 Å². The molecule has 2 atom stereocenters. The van der Waals surface area contributed by atoms with E-state index < -0.39 is 5.97 Å². The van der Waals surface area contributed by atoms with Crippen molar-refractivity contribution >= 4 is 5.97 Å². The maximum Gasteiger partial charge on any atom is 0.300 e. The summed E-state index contributed by atoms with van der Waals surface area (Å²) in [7, 11) is 0. The summed E-state index contributed by atoms with van der Waals surface area (Å²) in [5, 5.41) is 18.8. The summed E-state index contributed by atoms with van der Waals surface area (Å²) in [5.74, 6) is -0.269. The van der Waals surface area contributed by atoms with Gasteiger partial charge in [0.05, 0.1) is 6.54 Å². The summed E-state index contributed by atoms with van der Waals surface area (Å²) in [6.45, 7) is 5.25. The quantitative estimate of drug-likeness (QED) is 0.482. The van der Waals surface area contributed by atoms with Gasteiger partial charge < -0.3 is 15.5 Å². The smallest absolute Gasteiger partial charge is 0.300 e. The molecule has 1 rings (SSSR count). The molecule has 0 unspecified atom stereocenters. The van der Waals surface area contributed by atoms with Gasteiger partial charge in [-0.1, -0.05) is 6.92 Å². The molecule has 0 amide bonds. The lowest BCUT2D eigenvalue weighted by Crippen LogP contribution is -2.82. The van der Waals surface area contributed by atoms with Crippen LogP contribution in [0.3, 0.4) is 0 Å². The molecular weight excluding hydrogens is 158 g/mol. The summed E-state index contributed by atoms with van der Waals surface area (Å²) in [4.78, 5) is 9.00. The zero-order chi connectivity index (χ0) is 9.56. The van der Waals surface area contributed by atoms with Gasteiger partial charge in [-0.15, -0.1) is 0 Å². The van der Waals surface area contributed by atoms with Gasteiger partial charge in [-0.3, -0.25) is 4.79 Å². The van der Waals surface area contributed by atoms with E-state index >= 15 is 0 Å². The molecule has 0 spiro atoms. The molecule has 1 aliphatic rings. The van der Waals surface area contributed by atoms with E-state index in [2.05, 4.69) is 12.2 Å². The van der Waals surface area contributed by atoms with Crippen LogP contribution in [0.5, 0.6) is 0 Å². The van der Waals surface area contributed by atoms with E-state index in [1.165, 1.54) is 0 Å². The molecule has 0 radical (unpaired) electrons. The molecule has 0 aromatic rings. The van der Waals surface area contributed by atoms with E-state index in [1.807, 2.05) is 0 Å². The van der Waals surface area contributed by atoms with Gasteiger partial charge in [0.2, 0.25) is 0 Å². The SMILES string of the molecule is CC(=O)O.CC[C@H]1C[NH2+]C[C@@H]1O. The predicted octanol–water partition coefficient (Wildman–Crippen LogP) is -0.959. The summed E-state index contributed by atoms with van der Waals surface area (Å²) in [5.41, 5.74) is 0. The van der Waals surface area contributed by atoms with E-state index in [9.17, 15) is 0 Å². The normalized spacial score (nSPS) is 27.6. The standard InChI is InChI=1S/C6H13NO.C2H4O2/c1-2-5-3-7-4-6(5)8;1-2(3)4/h5-8H,2-4H2,1H3;1H3,(H,3,4)/p+1/t5-,6-;/m0./s1. The first-order valence-corrected chi connectivity index (χ1v) is 4.27. The zero-order valence-electron chi connectivity index (χ0n) is 7.66. The Morgan fingerprint density at radius 1 is 1.58 bits per heavy atom. The second-order valence-corrected chi connectivity index (χ2v) is 3.01. The third-order valence-electron chi connectivity index (χ3n) is 1.95. The van der Waals surface area contributed by atoms with Crippen LogP contribution >= 0.6 is 0 Å². The number of aliphatic carboxylic acids is 1. The molecule has 12 heavy (non-hydrogen) atoms. The van der Waals surface area contributed by atoms with Crippen molar-refractivity contribution in [2.75, 3.05) is 13.1 Å². The van der Waals surface area contributed by atoms with Gasteiger partial charge in [0.1, 0.15) is 12.6 Å². The van der Waals surface area contributed by atoms with Crippen LogP contribution in [0.25, 0.3) is 0 Å².